The predicted octanol–water partition coefficient (Wildman–Crippen LogP) is 0.895. The third kappa shape index (κ3) is 8.98. The molecule has 0 aromatic heterocycles. The summed E-state index contributed by atoms with van der Waals surface area (Å²) in [6, 6.07) is 0.0189. The van der Waals surface area contributed by atoms with Crippen molar-refractivity contribution in [2.45, 2.75) is 51.0 Å². The number of urea groups is 1. The molecule has 5 N–H and O–H groups in total. The highest BCUT2D eigenvalue weighted by Crippen LogP contribution is 2.16. The van der Waals surface area contributed by atoms with Gasteiger partial charge in [0.15, 0.2) is 0 Å². The van der Waals surface area contributed by atoms with E-state index in [-0.39, 0.29) is 36.9 Å². The molecule has 1 saturated carbocycles. The maximum absolute atomic E-state index is 11.6. The van der Waals surface area contributed by atoms with E-state index in [1.807, 2.05) is 0 Å². The van der Waals surface area contributed by atoms with Crippen LogP contribution in [-0.4, -0.2) is 37.6 Å². The summed E-state index contributed by atoms with van der Waals surface area (Å²) in [6.45, 7) is 1.28. The minimum Gasteiger partial charge on any atom is -0.355 e. The van der Waals surface area contributed by atoms with E-state index < -0.39 is 0 Å². The maximum Gasteiger partial charge on any atom is 0.315 e. The smallest absolute Gasteiger partial charge is 0.315 e. The van der Waals surface area contributed by atoms with Gasteiger partial charge in [0, 0.05) is 12.6 Å². The number of halogens is 1. The van der Waals surface area contributed by atoms with Crippen LogP contribution in [0.5, 0.6) is 0 Å². The Morgan fingerprint density at radius 1 is 1.05 bits per heavy atom. The summed E-state index contributed by atoms with van der Waals surface area (Å²) >= 11 is 0. The fourth-order valence-corrected chi connectivity index (χ4v) is 2.20. The molecule has 20 heavy (non-hydrogen) atoms. The molecule has 0 aromatic rings. The highest BCUT2D eigenvalue weighted by molar-refractivity contribution is 5.85. The first kappa shape index (κ1) is 19.0. The van der Waals surface area contributed by atoms with Gasteiger partial charge in [-0.2, -0.15) is 0 Å². The average Bonchev–Trinajstić information content (AvgIpc) is 2.42. The molecule has 0 spiro atoms. The van der Waals surface area contributed by atoms with E-state index in [0.29, 0.717) is 13.1 Å². The molecule has 118 valence electrons. The molecule has 0 aliphatic heterocycles. The molecule has 0 radical (unpaired) electrons. The first-order valence-electron chi connectivity index (χ1n) is 7.23. The van der Waals surface area contributed by atoms with Crippen LogP contribution in [0.1, 0.15) is 44.9 Å². The van der Waals surface area contributed by atoms with Gasteiger partial charge in [0.2, 0.25) is 5.91 Å². The molecule has 0 aromatic carbocycles. The van der Waals surface area contributed by atoms with Gasteiger partial charge in [0.05, 0.1) is 6.54 Å². The van der Waals surface area contributed by atoms with Gasteiger partial charge in [0.25, 0.3) is 0 Å². The average molecular weight is 307 g/mol. The van der Waals surface area contributed by atoms with E-state index in [1.54, 1.807) is 0 Å². The summed E-state index contributed by atoms with van der Waals surface area (Å²) in [6.07, 6.45) is 7.45. The fourth-order valence-electron chi connectivity index (χ4n) is 2.20. The van der Waals surface area contributed by atoms with Gasteiger partial charge in [-0.25, -0.2) is 4.79 Å². The molecule has 3 amide bonds. The van der Waals surface area contributed by atoms with Crippen LogP contribution in [0.3, 0.4) is 0 Å². The Morgan fingerprint density at radius 3 is 2.40 bits per heavy atom. The van der Waals surface area contributed by atoms with Crippen LogP contribution in [0.4, 0.5) is 4.79 Å². The van der Waals surface area contributed by atoms with Crippen molar-refractivity contribution in [2.75, 3.05) is 19.6 Å². The molecule has 1 aliphatic carbocycles. The summed E-state index contributed by atoms with van der Waals surface area (Å²) in [5.41, 5.74) is 5.35. The quantitative estimate of drug-likeness (QED) is 0.526. The van der Waals surface area contributed by atoms with Gasteiger partial charge in [-0.15, -0.1) is 12.4 Å². The fraction of sp³-hybridized carbons (Fsp3) is 0.846. The molecule has 6 nitrogen and oxygen atoms in total. The molecular formula is C13H27ClN4O2. The van der Waals surface area contributed by atoms with Crippen LogP contribution in [0.25, 0.3) is 0 Å². The zero-order valence-electron chi connectivity index (χ0n) is 12.0. The van der Waals surface area contributed by atoms with E-state index in [9.17, 15) is 9.59 Å². The Labute approximate surface area is 127 Å². The van der Waals surface area contributed by atoms with Gasteiger partial charge in [-0.1, -0.05) is 19.3 Å². The SMILES string of the molecule is Cl.NCCCCNC(=O)CNC(=O)NC1CCCCC1. The molecule has 7 heteroatoms. The van der Waals surface area contributed by atoms with Crippen molar-refractivity contribution in [1.82, 2.24) is 16.0 Å². The second-order valence-corrected chi connectivity index (χ2v) is 5.01. The van der Waals surface area contributed by atoms with Crippen molar-refractivity contribution in [3.8, 4) is 0 Å². The second kappa shape index (κ2) is 11.8. The monoisotopic (exact) mass is 306 g/mol. The first-order chi connectivity index (χ1) is 9.22. The van der Waals surface area contributed by atoms with Crippen molar-refractivity contribution >= 4 is 24.3 Å². The molecule has 0 atom stereocenters. The summed E-state index contributed by atoms with van der Waals surface area (Å²) < 4.78 is 0. The number of hydrogen-bond acceptors (Lipinski definition) is 3. The van der Waals surface area contributed by atoms with E-state index in [4.69, 9.17) is 5.73 Å². The number of hydrogen-bond donors (Lipinski definition) is 4. The zero-order valence-corrected chi connectivity index (χ0v) is 12.8. The lowest BCUT2D eigenvalue weighted by molar-refractivity contribution is -0.120. The third-order valence-electron chi connectivity index (χ3n) is 3.30. The summed E-state index contributed by atoms with van der Waals surface area (Å²) in [7, 11) is 0. The van der Waals surface area contributed by atoms with E-state index in [1.165, 1.54) is 19.3 Å². The molecule has 0 bridgehead atoms. The number of unbranched alkanes of at least 4 members (excludes halogenated alkanes) is 1. The van der Waals surface area contributed by atoms with Crippen LogP contribution < -0.4 is 21.7 Å². The normalized spacial score (nSPS) is 15.1. The maximum atomic E-state index is 11.6. The topological polar surface area (TPSA) is 96.2 Å². The largest absolute Gasteiger partial charge is 0.355 e. The number of amides is 3. The molecule has 1 aliphatic rings. The second-order valence-electron chi connectivity index (χ2n) is 5.01. The van der Waals surface area contributed by atoms with Crippen LogP contribution in [0.2, 0.25) is 0 Å². The van der Waals surface area contributed by atoms with Crippen LogP contribution in [0.15, 0.2) is 0 Å². The third-order valence-corrected chi connectivity index (χ3v) is 3.30. The van der Waals surface area contributed by atoms with Gasteiger partial charge in [-0.3, -0.25) is 4.79 Å². The molecule has 0 heterocycles. The number of nitrogens with one attached hydrogen (secondary N) is 3. The minimum atomic E-state index is -0.246. The number of rotatable bonds is 7. The van der Waals surface area contributed by atoms with Gasteiger partial charge >= 0.3 is 6.03 Å². The van der Waals surface area contributed by atoms with Crippen molar-refractivity contribution in [1.29, 1.82) is 0 Å². The van der Waals surface area contributed by atoms with E-state index >= 15 is 0 Å². The van der Waals surface area contributed by atoms with E-state index in [0.717, 1.165) is 25.7 Å². The molecule has 0 unspecified atom stereocenters. The highest BCUT2D eigenvalue weighted by Gasteiger charge is 2.15. The Balaban J connectivity index is 0.00000361. The van der Waals surface area contributed by atoms with Crippen molar-refractivity contribution in [2.24, 2.45) is 5.73 Å². The molecule has 0 saturated heterocycles. The first-order valence-corrected chi connectivity index (χ1v) is 7.23. The van der Waals surface area contributed by atoms with Crippen molar-refractivity contribution in [3.63, 3.8) is 0 Å². The molecule has 1 fully saturated rings. The summed E-state index contributed by atoms with van der Waals surface area (Å²) in [4.78, 5) is 23.0. The Kier molecular flexibility index (Phi) is 11.2. The Morgan fingerprint density at radius 2 is 1.75 bits per heavy atom. The number of carbonyl (C=O) groups is 2. The van der Waals surface area contributed by atoms with Crippen LogP contribution in [-0.2, 0) is 4.79 Å². The molecule has 1 rings (SSSR count). The highest BCUT2D eigenvalue weighted by atomic mass is 35.5. The Hall–Kier alpha value is -1.01. The van der Waals surface area contributed by atoms with Crippen LogP contribution in [0, 0.1) is 0 Å². The lowest BCUT2D eigenvalue weighted by Gasteiger charge is -2.22. The van der Waals surface area contributed by atoms with Gasteiger partial charge in [0.1, 0.15) is 0 Å². The standard InChI is InChI=1S/C13H26N4O2.ClH/c14-8-4-5-9-15-12(18)10-16-13(19)17-11-6-2-1-3-7-11;/h11H,1-10,14H2,(H,15,18)(H2,16,17,19);1H. The lowest BCUT2D eigenvalue weighted by atomic mass is 9.96. The van der Waals surface area contributed by atoms with Crippen LogP contribution >= 0.6 is 12.4 Å². The lowest BCUT2D eigenvalue weighted by Crippen LogP contribution is -2.46. The minimum absolute atomic E-state index is 0. The predicted molar refractivity (Wildman–Crippen MR) is 82.0 cm³/mol. The van der Waals surface area contributed by atoms with Crippen molar-refractivity contribution < 1.29 is 9.59 Å². The van der Waals surface area contributed by atoms with Gasteiger partial charge in [-0.05, 0) is 32.2 Å². The molecular weight excluding hydrogens is 280 g/mol. The van der Waals surface area contributed by atoms with Crippen molar-refractivity contribution in [3.05, 3.63) is 0 Å². The van der Waals surface area contributed by atoms with E-state index in [2.05, 4.69) is 16.0 Å². The zero-order chi connectivity index (χ0) is 13.9. The number of nitrogens with two attached hydrogens (primary N) is 1. The van der Waals surface area contributed by atoms with Gasteiger partial charge < -0.3 is 21.7 Å². The summed E-state index contributed by atoms with van der Waals surface area (Å²) in [5, 5.41) is 8.23. The Bertz CT molecular complexity index is 284. The summed E-state index contributed by atoms with van der Waals surface area (Å²) in [5.74, 6) is -0.157. The number of carbonyl (C=O) groups excluding carboxylic acids is 2.